The summed E-state index contributed by atoms with van der Waals surface area (Å²) < 4.78 is 0. The summed E-state index contributed by atoms with van der Waals surface area (Å²) in [4.78, 5) is 4.37. The minimum atomic E-state index is 0.743. The highest BCUT2D eigenvalue weighted by molar-refractivity contribution is 5.32. The predicted octanol–water partition coefficient (Wildman–Crippen LogP) is 1.95. The van der Waals surface area contributed by atoms with Crippen LogP contribution in [0.4, 0.5) is 0 Å². The van der Waals surface area contributed by atoms with Crippen LogP contribution in [0, 0.1) is 17.8 Å². The van der Waals surface area contributed by atoms with Gasteiger partial charge in [-0.1, -0.05) is 32.1 Å². The molecule has 0 aromatic carbocycles. The first-order chi connectivity index (χ1) is 7.22. The van der Waals surface area contributed by atoms with Crippen LogP contribution in [-0.4, -0.2) is 4.98 Å². The van der Waals surface area contributed by atoms with Crippen LogP contribution < -0.4 is 10.6 Å². The van der Waals surface area contributed by atoms with Crippen molar-refractivity contribution in [2.24, 2.45) is 17.8 Å². The van der Waals surface area contributed by atoms with E-state index >= 15 is 0 Å². The van der Waals surface area contributed by atoms with Gasteiger partial charge in [0.15, 0.2) is 0 Å². The Balaban J connectivity index is 2.41. The number of hydrogen-bond donors (Lipinski definition) is 0. The maximum Gasteiger partial charge on any atom is 0.0656 e. The first kappa shape index (κ1) is 10.4. The largest absolute Gasteiger partial charge is 0.257 e. The summed E-state index contributed by atoms with van der Waals surface area (Å²) in [6, 6.07) is 4.19. The summed E-state index contributed by atoms with van der Waals surface area (Å²) in [5, 5.41) is 2.41. The summed E-state index contributed by atoms with van der Waals surface area (Å²) in [6.45, 7) is 6.73. The SMILES string of the molecule is C/C=c1/nccc/c1=C/C1C(C)CC1C. The molecule has 1 aromatic rings. The number of pyridine rings is 1. The van der Waals surface area contributed by atoms with Gasteiger partial charge in [0.05, 0.1) is 5.35 Å². The van der Waals surface area contributed by atoms with Crippen LogP contribution in [0.5, 0.6) is 0 Å². The molecule has 1 aromatic heterocycles. The van der Waals surface area contributed by atoms with Gasteiger partial charge in [0.2, 0.25) is 0 Å². The molecule has 1 fully saturated rings. The fraction of sp³-hybridized carbons (Fsp3) is 0.500. The van der Waals surface area contributed by atoms with Crippen molar-refractivity contribution in [2.45, 2.75) is 27.2 Å². The molecule has 2 atom stereocenters. The maximum atomic E-state index is 4.37. The number of hydrogen-bond acceptors (Lipinski definition) is 1. The van der Waals surface area contributed by atoms with Crippen LogP contribution in [0.3, 0.4) is 0 Å². The third-order valence-electron chi connectivity index (χ3n) is 3.57. The quantitative estimate of drug-likeness (QED) is 0.677. The molecule has 1 aliphatic carbocycles. The predicted molar refractivity (Wildman–Crippen MR) is 64.5 cm³/mol. The molecule has 0 bridgehead atoms. The Hall–Kier alpha value is -1.11. The zero-order valence-corrected chi connectivity index (χ0v) is 9.77. The van der Waals surface area contributed by atoms with Crippen LogP contribution >= 0.6 is 0 Å². The number of nitrogens with zero attached hydrogens (tertiary/aromatic N) is 1. The van der Waals surface area contributed by atoms with Crippen LogP contribution in [-0.2, 0) is 0 Å². The number of aromatic nitrogens is 1. The average Bonchev–Trinajstić information content (AvgIpc) is 2.26. The van der Waals surface area contributed by atoms with Crippen molar-refractivity contribution in [1.29, 1.82) is 0 Å². The van der Waals surface area contributed by atoms with Crippen molar-refractivity contribution in [3.8, 4) is 0 Å². The van der Waals surface area contributed by atoms with Gasteiger partial charge in [-0.05, 0) is 42.4 Å². The summed E-state index contributed by atoms with van der Waals surface area (Å²) in [5.41, 5.74) is 0. The minimum absolute atomic E-state index is 0.743. The molecule has 1 nitrogen and oxygen atoms in total. The Labute approximate surface area is 91.6 Å². The molecule has 80 valence electrons. The molecule has 1 heterocycles. The fourth-order valence-corrected chi connectivity index (χ4v) is 2.61. The molecule has 0 N–H and O–H groups in total. The van der Waals surface area contributed by atoms with Crippen LogP contribution in [0.1, 0.15) is 27.2 Å². The lowest BCUT2D eigenvalue weighted by atomic mass is 9.66. The lowest BCUT2D eigenvalue weighted by Gasteiger charge is -2.39. The van der Waals surface area contributed by atoms with E-state index < -0.39 is 0 Å². The third kappa shape index (κ3) is 1.97. The first-order valence-electron chi connectivity index (χ1n) is 5.81. The summed E-state index contributed by atoms with van der Waals surface area (Å²) in [5.74, 6) is 2.42. The third-order valence-corrected chi connectivity index (χ3v) is 3.57. The molecule has 0 amide bonds. The lowest BCUT2D eigenvalue weighted by molar-refractivity contribution is 0.162. The fourth-order valence-electron chi connectivity index (χ4n) is 2.61. The van der Waals surface area contributed by atoms with Crippen molar-refractivity contribution in [1.82, 2.24) is 4.98 Å². The average molecular weight is 201 g/mol. The van der Waals surface area contributed by atoms with E-state index in [2.05, 4.69) is 37.0 Å². The van der Waals surface area contributed by atoms with Crippen LogP contribution in [0.15, 0.2) is 18.3 Å². The van der Waals surface area contributed by atoms with E-state index in [1.807, 2.05) is 19.2 Å². The molecule has 0 aliphatic heterocycles. The van der Waals surface area contributed by atoms with Gasteiger partial charge in [-0.2, -0.15) is 0 Å². The van der Waals surface area contributed by atoms with Crippen molar-refractivity contribution >= 4 is 12.2 Å². The van der Waals surface area contributed by atoms with E-state index in [1.54, 1.807) is 0 Å². The van der Waals surface area contributed by atoms with Crippen LogP contribution in [0.2, 0.25) is 0 Å². The second kappa shape index (κ2) is 4.18. The topological polar surface area (TPSA) is 12.9 Å². The van der Waals surface area contributed by atoms with Crippen LogP contribution in [0.25, 0.3) is 12.2 Å². The lowest BCUT2D eigenvalue weighted by Crippen LogP contribution is -2.35. The Morgan fingerprint density at radius 2 is 2.07 bits per heavy atom. The van der Waals surface area contributed by atoms with E-state index in [0.29, 0.717) is 0 Å². The normalized spacial score (nSPS) is 32.9. The molecule has 0 radical (unpaired) electrons. The smallest absolute Gasteiger partial charge is 0.0656 e. The van der Waals surface area contributed by atoms with Gasteiger partial charge in [-0.3, -0.25) is 4.98 Å². The van der Waals surface area contributed by atoms with Crippen molar-refractivity contribution in [3.63, 3.8) is 0 Å². The van der Waals surface area contributed by atoms with Gasteiger partial charge < -0.3 is 0 Å². The molecule has 0 saturated heterocycles. The maximum absolute atomic E-state index is 4.37. The summed E-state index contributed by atoms with van der Waals surface area (Å²) >= 11 is 0. The van der Waals surface area contributed by atoms with E-state index in [0.717, 1.165) is 23.1 Å². The van der Waals surface area contributed by atoms with Gasteiger partial charge in [-0.15, -0.1) is 0 Å². The van der Waals surface area contributed by atoms with Crippen molar-refractivity contribution < 1.29 is 0 Å². The summed E-state index contributed by atoms with van der Waals surface area (Å²) in [6.07, 6.45) is 7.72. The molecular formula is C14H19N. The first-order valence-corrected chi connectivity index (χ1v) is 5.81. The van der Waals surface area contributed by atoms with Crippen molar-refractivity contribution in [2.75, 3.05) is 0 Å². The molecular weight excluding hydrogens is 182 g/mol. The Bertz CT molecular complexity index is 439. The Morgan fingerprint density at radius 1 is 1.33 bits per heavy atom. The second-order valence-electron chi connectivity index (χ2n) is 4.70. The molecule has 2 unspecified atom stereocenters. The van der Waals surface area contributed by atoms with Gasteiger partial charge in [0.1, 0.15) is 0 Å². The van der Waals surface area contributed by atoms with Gasteiger partial charge in [-0.25, -0.2) is 0 Å². The molecule has 2 rings (SSSR count). The molecule has 0 spiro atoms. The molecule has 1 heteroatoms. The second-order valence-corrected chi connectivity index (χ2v) is 4.70. The van der Waals surface area contributed by atoms with E-state index in [9.17, 15) is 0 Å². The highest BCUT2D eigenvalue weighted by Gasteiger charge is 2.32. The van der Waals surface area contributed by atoms with Gasteiger partial charge >= 0.3 is 0 Å². The van der Waals surface area contributed by atoms with Gasteiger partial charge in [0.25, 0.3) is 0 Å². The molecule has 15 heavy (non-hydrogen) atoms. The Kier molecular flexibility index (Phi) is 2.90. The van der Waals surface area contributed by atoms with Gasteiger partial charge in [0, 0.05) is 6.20 Å². The Morgan fingerprint density at radius 3 is 2.67 bits per heavy atom. The summed E-state index contributed by atoms with van der Waals surface area (Å²) in [7, 11) is 0. The molecule has 1 aliphatic rings. The van der Waals surface area contributed by atoms with E-state index in [4.69, 9.17) is 0 Å². The molecule has 1 saturated carbocycles. The minimum Gasteiger partial charge on any atom is -0.257 e. The van der Waals surface area contributed by atoms with Crippen molar-refractivity contribution in [3.05, 3.63) is 28.9 Å². The highest BCUT2D eigenvalue weighted by atomic mass is 14.6. The zero-order valence-electron chi connectivity index (χ0n) is 9.77. The highest BCUT2D eigenvalue weighted by Crippen LogP contribution is 2.40. The van der Waals surface area contributed by atoms with E-state index in [-0.39, 0.29) is 0 Å². The monoisotopic (exact) mass is 201 g/mol. The number of rotatable bonds is 1. The standard InChI is InChI=1S/C14H19N/c1-4-14-12(6-5-7-15-14)9-13-10(2)8-11(13)3/h4-7,9-11,13H,8H2,1-3H3/b12-9-,14-4+. The van der Waals surface area contributed by atoms with E-state index in [1.165, 1.54) is 11.6 Å². The zero-order chi connectivity index (χ0) is 10.8.